The van der Waals surface area contributed by atoms with Crippen molar-refractivity contribution >= 4 is 16.9 Å². The number of phenolic OH excluding ortho intramolecular Hbond substituents is 1. The fourth-order valence-electron chi connectivity index (χ4n) is 3.68. The van der Waals surface area contributed by atoms with E-state index in [4.69, 9.17) is 13.9 Å². The van der Waals surface area contributed by atoms with Crippen LogP contribution in [0.15, 0.2) is 57.7 Å². The maximum atomic E-state index is 12.5. The van der Waals surface area contributed by atoms with Crippen LogP contribution in [-0.4, -0.2) is 24.3 Å². The van der Waals surface area contributed by atoms with Crippen LogP contribution in [-0.2, 0) is 9.53 Å². The first kappa shape index (κ1) is 24.4. The van der Waals surface area contributed by atoms with Crippen LogP contribution in [0.2, 0.25) is 0 Å². The molecule has 0 aliphatic rings. The molecule has 0 spiro atoms. The molecule has 6 nitrogen and oxygen atoms in total. The Kier molecular flexibility index (Phi) is 9.36. The first-order chi connectivity index (χ1) is 16.1. The predicted octanol–water partition coefficient (Wildman–Crippen LogP) is 6.23. The lowest BCUT2D eigenvalue weighted by Gasteiger charge is -2.09. The fraction of sp³-hybridized carbons (Fsp3) is 0.407. The van der Waals surface area contributed by atoms with Gasteiger partial charge in [-0.3, -0.25) is 4.79 Å². The standard InChI is InChI=1S/C27H32O6/c1-2-3-4-5-6-7-8-12-15-31-26(30)19-32-21-16-22(28)27-23(29)18-24(33-25(27)17-21)20-13-10-9-11-14-20/h9-11,13-14,16-18,28H,2-8,12,15,19H2,1H3. The zero-order valence-electron chi connectivity index (χ0n) is 19.2. The molecule has 3 rings (SSSR count). The zero-order chi connectivity index (χ0) is 23.5. The second kappa shape index (κ2) is 12.7. The molecule has 33 heavy (non-hydrogen) atoms. The maximum Gasteiger partial charge on any atom is 0.344 e. The molecule has 1 N–H and O–H groups in total. The fourth-order valence-corrected chi connectivity index (χ4v) is 3.68. The molecule has 2 aromatic carbocycles. The van der Waals surface area contributed by atoms with Gasteiger partial charge >= 0.3 is 5.97 Å². The first-order valence-electron chi connectivity index (χ1n) is 11.7. The van der Waals surface area contributed by atoms with E-state index in [-0.39, 0.29) is 34.5 Å². The van der Waals surface area contributed by atoms with Gasteiger partial charge in [0.15, 0.2) is 12.0 Å². The lowest BCUT2D eigenvalue weighted by molar-refractivity contribution is -0.146. The van der Waals surface area contributed by atoms with E-state index in [1.54, 1.807) is 0 Å². The summed E-state index contributed by atoms with van der Waals surface area (Å²) in [6.45, 7) is 2.29. The smallest absolute Gasteiger partial charge is 0.344 e. The molecule has 0 atom stereocenters. The summed E-state index contributed by atoms with van der Waals surface area (Å²) in [5.74, 6) is -0.132. The molecule has 0 saturated heterocycles. The van der Waals surface area contributed by atoms with Crippen LogP contribution in [0.25, 0.3) is 22.3 Å². The Hall–Kier alpha value is -3.28. The second-order valence-corrected chi connectivity index (χ2v) is 8.14. The van der Waals surface area contributed by atoms with Crippen molar-refractivity contribution in [2.45, 2.75) is 58.3 Å². The minimum atomic E-state index is -0.475. The topological polar surface area (TPSA) is 86.0 Å². The molecule has 0 amide bonds. The van der Waals surface area contributed by atoms with Gasteiger partial charge in [0.1, 0.15) is 28.2 Å². The van der Waals surface area contributed by atoms with E-state index >= 15 is 0 Å². The van der Waals surface area contributed by atoms with Crippen LogP contribution in [0.1, 0.15) is 58.3 Å². The maximum absolute atomic E-state index is 12.5. The van der Waals surface area contributed by atoms with E-state index in [1.165, 1.54) is 50.3 Å². The number of rotatable bonds is 13. The van der Waals surface area contributed by atoms with Gasteiger partial charge in [-0.1, -0.05) is 82.2 Å². The summed E-state index contributed by atoms with van der Waals surface area (Å²) in [6.07, 6.45) is 9.38. The SMILES string of the molecule is CCCCCCCCCCOC(=O)COc1cc(O)c2c(=O)cc(-c3ccccc3)oc2c1. The van der Waals surface area contributed by atoms with E-state index in [0.717, 1.165) is 24.8 Å². The van der Waals surface area contributed by atoms with Crippen LogP contribution >= 0.6 is 0 Å². The Morgan fingerprint density at radius 3 is 2.36 bits per heavy atom. The number of hydrogen-bond acceptors (Lipinski definition) is 6. The third-order valence-electron chi connectivity index (χ3n) is 5.46. The van der Waals surface area contributed by atoms with E-state index in [1.807, 2.05) is 30.3 Å². The normalized spacial score (nSPS) is 10.9. The van der Waals surface area contributed by atoms with Crippen LogP contribution in [0, 0.1) is 0 Å². The monoisotopic (exact) mass is 452 g/mol. The van der Waals surface area contributed by atoms with Gasteiger partial charge in [-0.05, 0) is 6.42 Å². The highest BCUT2D eigenvalue weighted by molar-refractivity contribution is 5.86. The Bertz CT molecular complexity index is 1090. The van der Waals surface area contributed by atoms with Crippen molar-refractivity contribution in [2.75, 3.05) is 13.2 Å². The van der Waals surface area contributed by atoms with E-state index in [0.29, 0.717) is 12.4 Å². The van der Waals surface area contributed by atoms with E-state index < -0.39 is 5.97 Å². The van der Waals surface area contributed by atoms with Gasteiger partial charge in [-0.25, -0.2) is 4.79 Å². The highest BCUT2D eigenvalue weighted by atomic mass is 16.6. The van der Waals surface area contributed by atoms with Crippen molar-refractivity contribution in [3.05, 3.63) is 58.8 Å². The van der Waals surface area contributed by atoms with Gasteiger partial charge in [0, 0.05) is 23.8 Å². The summed E-state index contributed by atoms with van der Waals surface area (Å²) in [5, 5.41) is 10.4. The number of ether oxygens (including phenoxy) is 2. The van der Waals surface area contributed by atoms with Crippen LogP contribution in [0.4, 0.5) is 0 Å². The number of aromatic hydroxyl groups is 1. The average Bonchev–Trinajstić information content (AvgIpc) is 2.81. The van der Waals surface area contributed by atoms with Crippen molar-refractivity contribution in [1.29, 1.82) is 0 Å². The van der Waals surface area contributed by atoms with Gasteiger partial charge in [-0.2, -0.15) is 0 Å². The Labute approximate surface area is 194 Å². The number of benzene rings is 2. The number of fused-ring (bicyclic) bond motifs is 1. The third-order valence-corrected chi connectivity index (χ3v) is 5.46. The molecule has 0 saturated carbocycles. The Balaban J connectivity index is 1.51. The van der Waals surface area contributed by atoms with Crippen LogP contribution < -0.4 is 10.2 Å². The summed E-state index contributed by atoms with van der Waals surface area (Å²) in [7, 11) is 0. The lowest BCUT2D eigenvalue weighted by atomic mass is 10.1. The Morgan fingerprint density at radius 1 is 0.939 bits per heavy atom. The van der Waals surface area contributed by atoms with Crippen molar-refractivity contribution < 1.29 is 23.8 Å². The molecular weight excluding hydrogens is 420 g/mol. The van der Waals surface area contributed by atoms with E-state index in [9.17, 15) is 14.7 Å². The minimum Gasteiger partial charge on any atom is -0.507 e. The molecule has 0 fully saturated rings. The lowest BCUT2D eigenvalue weighted by Crippen LogP contribution is -2.15. The molecule has 0 unspecified atom stereocenters. The summed E-state index contributed by atoms with van der Waals surface area (Å²) in [5.41, 5.74) is 0.569. The molecule has 6 heteroatoms. The van der Waals surface area contributed by atoms with Crippen molar-refractivity contribution in [3.63, 3.8) is 0 Å². The number of carbonyl (C=O) groups is 1. The van der Waals surface area contributed by atoms with Crippen molar-refractivity contribution in [2.24, 2.45) is 0 Å². The number of carbonyl (C=O) groups excluding carboxylic acids is 1. The van der Waals surface area contributed by atoms with Gasteiger partial charge in [0.25, 0.3) is 0 Å². The number of esters is 1. The average molecular weight is 453 g/mol. The zero-order valence-corrected chi connectivity index (χ0v) is 19.2. The summed E-state index contributed by atoms with van der Waals surface area (Å²) < 4.78 is 16.5. The van der Waals surface area contributed by atoms with Gasteiger partial charge in [0.05, 0.1) is 6.61 Å². The molecule has 1 heterocycles. The molecule has 0 aliphatic heterocycles. The molecule has 3 aromatic rings. The molecular formula is C27H32O6. The number of phenols is 1. The number of hydrogen-bond donors (Lipinski definition) is 1. The van der Waals surface area contributed by atoms with Gasteiger partial charge in [-0.15, -0.1) is 0 Å². The minimum absolute atomic E-state index is 0.0688. The summed E-state index contributed by atoms with van der Waals surface area (Å²) in [4.78, 5) is 24.5. The third kappa shape index (κ3) is 7.38. The van der Waals surface area contributed by atoms with Crippen molar-refractivity contribution in [3.8, 4) is 22.8 Å². The molecule has 0 radical (unpaired) electrons. The first-order valence-corrected chi connectivity index (χ1v) is 11.7. The highest BCUT2D eigenvalue weighted by Gasteiger charge is 2.14. The molecule has 0 aliphatic carbocycles. The van der Waals surface area contributed by atoms with Crippen LogP contribution in [0.5, 0.6) is 11.5 Å². The van der Waals surface area contributed by atoms with Gasteiger partial charge < -0.3 is 19.0 Å². The van der Waals surface area contributed by atoms with E-state index in [2.05, 4.69) is 6.92 Å². The quantitative estimate of drug-likeness (QED) is 0.244. The highest BCUT2D eigenvalue weighted by Crippen LogP contribution is 2.31. The summed E-state index contributed by atoms with van der Waals surface area (Å²) in [6, 6.07) is 13.3. The van der Waals surface area contributed by atoms with Gasteiger partial charge in [0.2, 0.25) is 0 Å². The van der Waals surface area contributed by atoms with Crippen LogP contribution in [0.3, 0.4) is 0 Å². The predicted molar refractivity (Wildman–Crippen MR) is 129 cm³/mol. The van der Waals surface area contributed by atoms with Crippen molar-refractivity contribution in [1.82, 2.24) is 0 Å². The summed E-state index contributed by atoms with van der Waals surface area (Å²) >= 11 is 0. The largest absolute Gasteiger partial charge is 0.507 e. The Morgan fingerprint density at radius 2 is 1.64 bits per heavy atom. The molecule has 0 bridgehead atoms. The second-order valence-electron chi connectivity index (χ2n) is 8.14. The molecule has 1 aromatic heterocycles. The molecule has 176 valence electrons. The number of unbranched alkanes of at least 4 members (excludes halogenated alkanes) is 7.